The van der Waals surface area contributed by atoms with Crippen LogP contribution in [-0.2, 0) is 9.59 Å². The van der Waals surface area contributed by atoms with E-state index >= 15 is 0 Å². The van der Waals surface area contributed by atoms with Gasteiger partial charge in [-0.1, -0.05) is 31.9 Å². The third-order valence-electron chi connectivity index (χ3n) is 4.76. The van der Waals surface area contributed by atoms with Gasteiger partial charge in [0.15, 0.2) is 0 Å². The molecular weight excluding hydrogens is 474 g/mol. The molecule has 0 radical (unpaired) electrons. The summed E-state index contributed by atoms with van der Waals surface area (Å²) < 4.78 is 1.80. The Bertz CT molecular complexity index is 1210. The van der Waals surface area contributed by atoms with E-state index in [1.807, 2.05) is 36.4 Å². The average molecular weight is 485 g/mol. The molecule has 2 aromatic heterocycles. The van der Waals surface area contributed by atoms with Crippen LogP contribution in [0.15, 0.2) is 57.7 Å². The first-order valence-electron chi connectivity index (χ1n) is 8.17. The number of carbonyl (C=O) groups excluding carboxylic acids is 2. The number of nitrogens with one attached hydrogen (secondary N) is 3. The van der Waals surface area contributed by atoms with E-state index in [0.717, 1.165) is 30.8 Å². The molecule has 1 aliphatic rings. The van der Waals surface area contributed by atoms with E-state index in [1.165, 1.54) is 0 Å². The van der Waals surface area contributed by atoms with Gasteiger partial charge in [0.1, 0.15) is 0 Å². The summed E-state index contributed by atoms with van der Waals surface area (Å²) in [6.45, 7) is 0. The van der Waals surface area contributed by atoms with E-state index in [0.29, 0.717) is 22.3 Å². The number of hydrogen-bond donors (Lipinski definition) is 3. The fourth-order valence-electron chi connectivity index (χ4n) is 3.57. The van der Waals surface area contributed by atoms with Crippen LogP contribution in [0.3, 0.4) is 0 Å². The Kier molecular flexibility index (Phi) is 3.63. The molecule has 0 aliphatic carbocycles. The van der Waals surface area contributed by atoms with Crippen LogP contribution in [0.4, 0.5) is 0 Å². The van der Waals surface area contributed by atoms with Gasteiger partial charge in [0.25, 0.3) is 11.8 Å². The fourth-order valence-corrected chi connectivity index (χ4v) is 4.29. The number of aromatic nitrogens is 2. The molecule has 0 atom stereocenters. The van der Waals surface area contributed by atoms with Gasteiger partial charge in [-0.3, -0.25) is 14.9 Å². The average Bonchev–Trinajstić information content (AvgIpc) is 3.29. The number of imide groups is 1. The van der Waals surface area contributed by atoms with E-state index in [-0.39, 0.29) is 11.8 Å². The molecule has 5 nitrogen and oxygen atoms in total. The minimum atomic E-state index is -0.389. The second kappa shape index (κ2) is 5.94. The summed E-state index contributed by atoms with van der Waals surface area (Å²) in [5, 5.41) is 4.20. The van der Waals surface area contributed by atoms with Gasteiger partial charge >= 0.3 is 0 Å². The first kappa shape index (κ1) is 16.5. The Balaban J connectivity index is 1.84. The van der Waals surface area contributed by atoms with Crippen LogP contribution in [0.25, 0.3) is 33.0 Å². The van der Waals surface area contributed by atoms with Gasteiger partial charge in [-0.05, 0) is 36.4 Å². The number of H-pyrrole nitrogens is 2. The molecule has 0 bridgehead atoms. The molecule has 4 aromatic rings. The molecule has 27 heavy (non-hydrogen) atoms. The van der Waals surface area contributed by atoms with E-state index in [4.69, 9.17) is 0 Å². The Hall–Kier alpha value is -2.64. The number of carbonyl (C=O) groups is 2. The maximum absolute atomic E-state index is 12.7. The first-order valence-corrected chi connectivity index (χ1v) is 9.75. The highest BCUT2D eigenvalue weighted by Crippen LogP contribution is 2.38. The van der Waals surface area contributed by atoms with Crippen LogP contribution >= 0.6 is 31.9 Å². The van der Waals surface area contributed by atoms with Crippen molar-refractivity contribution in [1.29, 1.82) is 0 Å². The minimum Gasteiger partial charge on any atom is -0.361 e. The second-order valence-electron chi connectivity index (χ2n) is 6.32. The molecule has 5 rings (SSSR count). The Morgan fingerprint density at radius 2 is 1.11 bits per heavy atom. The normalized spacial score (nSPS) is 14.6. The molecule has 0 spiro atoms. The molecule has 0 fully saturated rings. The van der Waals surface area contributed by atoms with Crippen LogP contribution in [0.5, 0.6) is 0 Å². The van der Waals surface area contributed by atoms with Crippen molar-refractivity contribution in [2.24, 2.45) is 0 Å². The number of benzene rings is 2. The van der Waals surface area contributed by atoms with E-state index in [1.54, 1.807) is 12.4 Å². The lowest BCUT2D eigenvalue weighted by atomic mass is 9.95. The lowest BCUT2D eigenvalue weighted by molar-refractivity contribution is -0.122. The molecule has 3 N–H and O–H groups in total. The van der Waals surface area contributed by atoms with Gasteiger partial charge in [0.05, 0.1) is 11.1 Å². The van der Waals surface area contributed by atoms with Crippen molar-refractivity contribution in [1.82, 2.24) is 15.3 Å². The number of rotatable bonds is 2. The monoisotopic (exact) mass is 483 g/mol. The molecule has 132 valence electrons. The summed E-state index contributed by atoms with van der Waals surface area (Å²) in [6.07, 6.45) is 3.55. The maximum atomic E-state index is 12.7. The van der Waals surface area contributed by atoms with Gasteiger partial charge in [-0.2, -0.15) is 0 Å². The van der Waals surface area contributed by atoms with Crippen molar-refractivity contribution >= 4 is 76.6 Å². The van der Waals surface area contributed by atoms with Crippen molar-refractivity contribution in [2.45, 2.75) is 0 Å². The van der Waals surface area contributed by atoms with E-state index in [9.17, 15) is 9.59 Å². The number of aromatic amines is 2. The quantitative estimate of drug-likeness (QED) is 0.359. The maximum Gasteiger partial charge on any atom is 0.259 e. The van der Waals surface area contributed by atoms with Crippen molar-refractivity contribution in [3.8, 4) is 0 Å². The number of halogens is 2. The third-order valence-corrected chi connectivity index (χ3v) is 5.74. The van der Waals surface area contributed by atoms with Crippen molar-refractivity contribution < 1.29 is 9.59 Å². The number of fused-ring (bicyclic) bond motifs is 2. The Labute approximate surface area is 170 Å². The zero-order valence-corrected chi connectivity index (χ0v) is 16.9. The van der Waals surface area contributed by atoms with Crippen LogP contribution in [0, 0.1) is 0 Å². The standard InChI is InChI=1S/C20H11Br2N3O2/c21-9-1-3-15-11(5-9)13(7-23-15)17-18(20(27)25-19(17)26)14-8-24-16-4-2-10(22)6-12(14)16/h1-8,23-24H,(H,25,26,27). The van der Waals surface area contributed by atoms with Gasteiger partial charge in [-0.15, -0.1) is 0 Å². The van der Waals surface area contributed by atoms with Gasteiger partial charge in [0, 0.05) is 54.3 Å². The van der Waals surface area contributed by atoms with Crippen LogP contribution in [-0.4, -0.2) is 21.8 Å². The molecule has 3 heterocycles. The predicted molar refractivity (Wildman–Crippen MR) is 112 cm³/mol. The smallest absolute Gasteiger partial charge is 0.259 e. The van der Waals surface area contributed by atoms with E-state index in [2.05, 4.69) is 47.1 Å². The fraction of sp³-hybridized carbons (Fsp3) is 0. The summed E-state index contributed by atoms with van der Waals surface area (Å²) in [7, 11) is 0. The van der Waals surface area contributed by atoms with Crippen LogP contribution < -0.4 is 5.32 Å². The largest absolute Gasteiger partial charge is 0.361 e. The molecule has 0 saturated carbocycles. The number of amides is 2. The molecule has 2 amide bonds. The summed E-state index contributed by atoms with van der Waals surface area (Å²) >= 11 is 6.95. The summed E-state index contributed by atoms with van der Waals surface area (Å²) in [5.41, 5.74) is 3.96. The molecular formula is C20H11Br2N3O2. The summed E-state index contributed by atoms with van der Waals surface area (Å²) in [5.74, 6) is -0.777. The molecule has 0 saturated heterocycles. The van der Waals surface area contributed by atoms with Crippen LogP contribution in [0.2, 0.25) is 0 Å². The highest BCUT2D eigenvalue weighted by atomic mass is 79.9. The van der Waals surface area contributed by atoms with E-state index < -0.39 is 0 Å². The zero-order valence-electron chi connectivity index (χ0n) is 13.7. The van der Waals surface area contributed by atoms with Crippen molar-refractivity contribution in [2.75, 3.05) is 0 Å². The topological polar surface area (TPSA) is 77.8 Å². The predicted octanol–water partition coefficient (Wildman–Crippen LogP) is 4.74. The lowest BCUT2D eigenvalue weighted by Gasteiger charge is -2.03. The zero-order chi connectivity index (χ0) is 18.7. The highest BCUT2D eigenvalue weighted by Gasteiger charge is 2.34. The number of hydrogen-bond acceptors (Lipinski definition) is 2. The Morgan fingerprint density at radius 3 is 1.56 bits per heavy atom. The van der Waals surface area contributed by atoms with Gasteiger partial charge in [-0.25, -0.2) is 0 Å². The summed E-state index contributed by atoms with van der Waals surface area (Å²) in [4.78, 5) is 31.7. The third kappa shape index (κ3) is 2.49. The van der Waals surface area contributed by atoms with Gasteiger partial charge < -0.3 is 9.97 Å². The van der Waals surface area contributed by atoms with Gasteiger partial charge in [0.2, 0.25) is 0 Å². The minimum absolute atomic E-state index is 0.380. The SMILES string of the molecule is O=C1NC(=O)C(c2c[nH]c3ccc(Br)cc23)=C1c1c[nH]c2ccc(Br)cc12. The molecule has 7 heteroatoms. The molecule has 2 aromatic carbocycles. The first-order chi connectivity index (χ1) is 13.0. The highest BCUT2D eigenvalue weighted by molar-refractivity contribution is 9.10. The van der Waals surface area contributed by atoms with Crippen LogP contribution in [0.1, 0.15) is 11.1 Å². The second-order valence-corrected chi connectivity index (χ2v) is 8.15. The molecule has 1 aliphatic heterocycles. The van der Waals surface area contributed by atoms with Crippen molar-refractivity contribution in [3.05, 3.63) is 68.9 Å². The lowest BCUT2D eigenvalue weighted by Crippen LogP contribution is -2.22. The molecule has 0 unspecified atom stereocenters. The Morgan fingerprint density at radius 1 is 0.667 bits per heavy atom. The summed E-state index contributed by atoms with van der Waals surface area (Å²) in [6, 6.07) is 11.6. The van der Waals surface area contributed by atoms with Crippen molar-refractivity contribution in [3.63, 3.8) is 0 Å².